The second kappa shape index (κ2) is 6.14. The quantitative estimate of drug-likeness (QED) is 0.910. The van der Waals surface area contributed by atoms with Gasteiger partial charge in [-0.2, -0.15) is 0 Å². The summed E-state index contributed by atoms with van der Waals surface area (Å²) in [6.07, 6.45) is 1.69. The van der Waals surface area contributed by atoms with E-state index in [1.807, 2.05) is 30.0 Å². The van der Waals surface area contributed by atoms with Gasteiger partial charge in [0.2, 0.25) is 0 Å². The van der Waals surface area contributed by atoms with E-state index in [-0.39, 0.29) is 5.56 Å². The van der Waals surface area contributed by atoms with Crippen LogP contribution in [0.4, 0.5) is 10.1 Å². The molecule has 0 saturated carbocycles. The number of rotatable bonds is 5. The third kappa shape index (κ3) is 3.12. The standard InChI is InChI=1S/C15H15FN2O2/c1-2-18(10-12-5-3-4-8-17-12)14-7-6-11(15(19)20)9-13(14)16/h3-9H,2,10H2,1H3,(H,19,20). The van der Waals surface area contributed by atoms with Crippen LogP contribution in [0.1, 0.15) is 23.0 Å². The summed E-state index contributed by atoms with van der Waals surface area (Å²) in [5, 5.41) is 8.84. The minimum Gasteiger partial charge on any atom is -0.478 e. The molecule has 0 saturated heterocycles. The Morgan fingerprint density at radius 2 is 2.15 bits per heavy atom. The number of carbonyl (C=O) groups is 1. The highest BCUT2D eigenvalue weighted by Crippen LogP contribution is 2.22. The lowest BCUT2D eigenvalue weighted by atomic mass is 10.1. The molecule has 0 fully saturated rings. The number of benzene rings is 1. The number of aromatic carboxylic acids is 1. The Bertz CT molecular complexity index is 602. The molecule has 0 radical (unpaired) electrons. The lowest BCUT2D eigenvalue weighted by molar-refractivity contribution is 0.0696. The van der Waals surface area contributed by atoms with Crippen molar-refractivity contribution in [2.45, 2.75) is 13.5 Å². The van der Waals surface area contributed by atoms with Gasteiger partial charge in [-0.1, -0.05) is 6.07 Å². The van der Waals surface area contributed by atoms with E-state index in [2.05, 4.69) is 4.98 Å². The molecule has 0 bridgehead atoms. The van der Waals surface area contributed by atoms with E-state index in [1.54, 1.807) is 6.20 Å². The monoisotopic (exact) mass is 274 g/mol. The first kappa shape index (κ1) is 14.0. The fourth-order valence-corrected chi connectivity index (χ4v) is 1.95. The van der Waals surface area contributed by atoms with Gasteiger partial charge in [0, 0.05) is 12.7 Å². The molecule has 1 aromatic heterocycles. The summed E-state index contributed by atoms with van der Waals surface area (Å²) < 4.78 is 14.0. The minimum atomic E-state index is -1.14. The van der Waals surface area contributed by atoms with Gasteiger partial charge in [0.15, 0.2) is 0 Å². The summed E-state index contributed by atoms with van der Waals surface area (Å²) in [5.74, 6) is -1.68. The van der Waals surface area contributed by atoms with Crippen molar-refractivity contribution in [1.82, 2.24) is 4.98 Å². The Hall–Kier alpha value is -2.43. The van der Waals surface area contributed by atoms with E-state index in [0.717, 1.165) is 11.8 Å². The molecule has 0 aliphatic heterocycles. The van der Waals surface area contributed by atoms with Crippen LogP contribution in [0.3, 0.4) is 0 Å². The Kier molecular flexibility index (Phi) is 4.30. The number of anilines is 1. The van der Waals surface area contributed by atoms with E-state index >= 15 is 0 Å². The van der Waals surface area contributed by atoms with Crippen LogP contribution in [0.5, 0.6) is 0 Å². The van der Waals surface area contributed by atoms with Crippen LogP contribution < -0.4 is 4.90 Å². The number of carboxylic acid groups (broad SMARTS) is 1. The molecule has 2 aromatic rings. The van der Waals surface area contributed by atoms with Crippen molar-refractivity contribution in [2.24, 2.45) is 0 Å². The Labute approximate surface area is 116 Å². The molecule has 20 heavy (non-hydrogen) atoms. The molecule has 0 spiro atoms. The van der Waals surface area contributed by atoms with Gasteiger partial charge >= 0.3 is 5.97 Å². The van der Waals surface area contributed by atoms with Crippen molar-refractivity contribution >= 4 is 11.7 Å². The fraction of sp³-hybridized carbons (Fsp3) is 0.200. The molecular weight excluding hydrogens is 259 g/mol. The zero-order valence-electron chi connectivity index (χ0n) is 11.1. The van der Waals surface area contributed by atoms with Crippen molar-refractivity contribution in [2.75, 3.05) is 11.4 Å². The van der Waals surface area contributed by atoms with Crippen LogP contribution >= 0.6 is 0 Å². The van der Waals surface area contributed by atoms with E-state index in [1.165, 1.54) is 12.1 Å². The van der Waals surface area contributed by atoms with Crippen molar-refractivity contribution in [3.05, 3.63) is 59.7 Å². The first-order chi connectivity index (χ1) is 9.61. The number of halogens is 1. The second-order valence-electron chi connectivity index (χ2n) is 4.31. The highest BCUT2D eigenvalue weighted by atomic mass is 19.1. The topological polar surface area (TPSA) is 53.4 Å². The number of pyridine rings is 1. The van der Waals surface area contributed by atoms with Gasteiger partial charge in [-0.25, -0.2) is 9.18 Å². The number of carboxylic acids is 1. The highest BCUT2D eigenvalue weighted by molar-refractivity contribution is 5.88. The molecule has 0 aliphatic carbocycles. The zero-order chi connectivity index (χ0) is 14.5. The molecule has 5 heteroatoms. The molecule has 2 rings (SSSR count). The zero-order valence-corrected chi connectivity index (χ0v) is 11.1. The van der Waals surface area contributed by atoms with E-state index < -0.39 is 11.8 Å². The summed E-state index contributed by atoms with van der Waals surface area (Å²) in [4.78, 5) is 16.8. The first-order valence-electron chi connectivity index (χ1n) is 6.29. The molecule has 0 atom stereocenters. The van der Waals surface area contributed by atoms with Crippen molar-refractivity contribution in [3.63, 3.8) is 0 Å². The maximum Gasteiger partial charge on any atom is 0.335 e. The first-order valence-corrected chi connectivity index (χ1v) is 6.29. The number of hydrogen-bond acceptors (Lipinski definition) is 3. The molecule has 1 aromatic carbocycles. The van der Waals surface area contributed by atoms with Crippen LogP contribution in [-0.4, -0.2) is 22.6 Å². The maximum absolute atomic E-state index is 14.0. The second-order valence-corrected chi connectivity index (χ2v) is 4.31. The summed E-state index contributed by atoms with van der Waals surface area (Å²) in [7, 11) is 0. The average Bonchev–Trinajstić information content (AvgIpc) is 2.46. The molecule has 1 N–H and O–H groups in total. The third-order valence-electron chi connectivity index (χ3n) is 3.00. The van der Waals surface area contributed by atoms with Gasteiger partial charge in [0.1, 0.15) is 5.82 Å². The molecule has 104 valence electrons. The highest BCUT2D eigenvalue weighted by Gasteiger charge is 2.13. The molecule has 4 nitrogen and oxygen atoms in total. The number of hydrogen-bond donors (Lipinski definition) is 1. The maximum atomic E-state index is 14.0. The molecule has 0 aliphatic rings. The smallest absolute Gasteiger partial charge is 0.335 e. The van der Waals surface area contributed by atoms with Gasteiger partial charge in [-0.3, -0.25) is 4.98 Å². The normalized spacial score (nSPS) is 10.3. The van der Waals surface area contributed by atoms with E-state index in [0.29, 0.717) is 18.8 Å². The number of nitrogens with zero attached hydrogens (tertiary/aromatic N) is 2. The summed E-state index contributed by atoms with van der Waals surface area (Å²) >= 11 is 0. The van der Waals surface area contributed by atoms with Crippen LogP contribution in [-0.2, 0) is 6.54 Å². The molecule has 1 heterocycles. The van der Waals surface area contributed by atoms with Crippen LogP contribution in [0.25, 0.3) is 0 Å². The lowest BCUT2D eigenvalue weighted by Crippen LogP contribution is -2.23. The van der Waals surface area contributed by atoms with Gasteiger partial charge in [-0.05, 0) is 37.3 Å². The fourth-order valence-electron chi connectivity index (χ4n) is 1.95. The predicted octanol–water partition coefficient (Wildman–Crippen LogP) is 2.95. The molecular formula is C15H15FN2O2. The van der Waals surface area contributed by atoms with E-state index in [9.17, 15) is 9.18 Å². The largest absolute Gasteiger partial charge is 0.478 e. The van der Waals surface area contributed by atoms with Gasteiger partial charge < -0.3 is 10.0 Å². The lowest BCUT2D eigenvalue weighted by Gasteiger charge is -2.23. The molecule has 0 unspecified atom stereocenters. The van der Waals surface area contributed by atoms with Crippen molar-refractivity contribution < 1.29 is 14.3 Å². The van der Waals surface area contributed by atoms with Gasteiger partial charge in [0.25, 0.3) is 0 Å². The summed E-state index contributed by atoms with van der Waals surface area (Å²) in [5.41, 5.74) is 1.15. The third-order valence-corrected chi connectivity index (χ3v) is 3.00. The van der Waals surface area contributed by atoms with Crippen LogP contribution in [0, 0.1) is 5.82 Å². The Morgan fingerprint density at radius 1 is 1.35 bits per heavy atom. The minimum absolute atomic E-state index is 0.0554. The van der Waals surface area contributed by atoms with Crippen LogP contribution in [0.15, 0.2) is 42.6 Å². The average molecular weight is 274 g/mol. The van der Waals surface area contributed by atoms with E-state index in [4.69, 9.17) is 5.11 Å². The van der Waals surface area contributed by atoms with Crippen LogP contribution in [0.2, 0.25) is 0 Å². The Morgan fingerprint density at radius 3 is 2.70 bits per heavy atom. The van der Waals surface area contributed by atoms with Crippen molar-refractivity contribution in [1.29, 1.82) is 0 Å². The summed E-state index contributed by atoms with van der Waals surface area (Å²) in [6, 6.07) is 9.50. The number of aromatic nitrogens is 1. The van der Waals surface area contributed by atoms with Gasteiger partial charge in [0.05, 0.1) is 23.5 Å². The summed E-state index contributed by atoms with van der Waals surface area (Å²) in [6.45, 7) is 2.98. The SMILES string of the molecule is CCN(Cc1ccccn1)c1ccc(C(=O)O)cc1F. The predicted molar refractivity (Wildman–Crippen MR) is 74.3 cm³/mol. The molecule has 0 amide bonds. The van der Waals surface area contributed by atoms with Crippen molar-refractivity contribution in [3.8, 4) is 0 Å². The van der Waals surface area contributed by atoms with Gasteiger partial charge in [-0.15, -0.1) is 0 Å². The Balaban J connectivity index is 2.26.